The lowest BCUT2D eigenvalue weighted by Gasteiger charge is -2.31. The minimum absolute atomic E-state index is 0.125. The van der Waals surface area contributed by atoms with Gasteiger partial charge in [0, 0.05) is 48.0 Å². The summed E-state index contributed by atoms with van der Waals surface area (Å²) < 4.78 is 0. The first-order valence-corrected chi connectivity index (χ1v) is 10.2. The van der Waals surface area contributed by atoms with Crippen LogP contribution in [0.25, 0.3) is 0 Å². The summed E-state index contributed by atoms with van der Waals surface area (Å²) in [6.07, 6.45) is 5.11. The number of benzene rings is 2. The van der Waals surface area contributed by atoms with Crippen molar-refractivity contribution in [1.82, 2.24) is 4.98 Å². The Morgan fingerprint density at radius 3 is 2.77 bits per heavy atom. The predicted octanol–water partition coefficient (Wildman–Crippen LogP) is 4.83. The van der Waals surface area contributed by atoms with E-state index in [1.54, 1.807) is 6.20 Å². The monoisotopic (exact) mass is 399 g/mol. The maximum Gasteiger partial charge on any atom is 0.255 e. The molecule has 0 bridgehead atoms. The van der Waals surface area contributed by atoms with Crippen LogP contribution in [0, 0.1) is 0 Å². The molecule has 0 aliphatic carbocycles. The number of nitrogens with one attached hydrogen (secondary N) is 1. The largest absolute Gasteiger partial charge is 0.367 e. The molecular formula is C25H25N3O2. The van der Waals surface area contributed by atoms with Gasteiger partial charge in [0.2, 0.25) is 0 Å². The van der Waals surface area contributed by atoms with E-state index in [2.05, 4.69) is 35.1 Å². The van der Waals surface area contributed by atoms with Crippen molar-refractivity contribution in [3.05, 3.63) is 88.7 Å². The average molecular weight is 399 g/mol. The van der Waals surface area contributed by atoms with E-state index >= 15 is 0 Å². The normalized spacial score (nSPS) is 13.1. The van der Waals surface area contributed by atoms with Gasteiger partial charge in [-0.15, -0.1) is 0 Å². The highest BCUT2D eigenvalue weighted by Gasteiger charge is 2.20. The molecule has 5 heteroatoms. The number of carbonyl (C=O) groups excluding carboxylic acids is 2. The zero-order valence-electron chi connectivity index (χ0n) is 17.3. The fraction of sp³-hybridized carbons (Fsp3) is 0.240. The molecule has 152 valence electrons. The van der Waals surface area contributed by atoms with Gasteiger partial charge in [-0.3, -0.25) is 14.6 Å². The summed E-state index contributed by atoms with van der Waals surface area (Å²) >= 11 is 0. The van der Waals surface area contributed by atoms with Gasteiger partial charge in [0.15, 0.2) is 6.29 Å². The van der Waals surface area contributed by atoms with Crippen molar-refractivity contribution < 1.29 is 9.59 Å². The minimum Gasteiger partial charge on any atom is -0.367 e. The third-order valence-corrected chi connectivity index (χ3v) is 5.58. The van der Waals surface area contributed by atoms with Crippen LogP contribution in [-0.2, 0) is 13.0 Å². The lowest BCUT2D eigenvalue weighted by Crippen LogP contribution is -2.31. The van der Waals surface area contributed by atoms with Gasteiger partial charge in [0.05, 0.1) is 0 Å². The van der Waals surface area contributed by atoms with Crippen molar-refractivity contribution in [2.24, 2.45) is 0 Å². The lowest BCUT2D eigenvalue weighted by atomic mass is 9.97. The van der Waals surface area contributed by atoms with Crippen LogP contribution in [-0.4, -0.2) is 23.7 Å². The van der Waals surface area contributed by atoms with Gasteiger partial charge in [0.1, 0.15) is 0 Å². The number of pyridine rings is 1. The number of aldehydes is 1. The second-order valence-electron chi connectivity index (χ2n) is 7.94. The number of amides is 1. The topological polar surface area (TPSA) is 62.3 Å². The van der Waals surface area contributed by atoms with Crippen molar-refractivity contribution >= 4 is 23.6 Å². The molecule has 1 aliphatic rings. The average Bonchev–Trinajstić information content (AvgIpc) is 2.78. The summed E-state index contributed by atoms with van der Waals surface area (Å²) in [5.74, 6) is 0.279. The molecule has 2 aromatic carbocycles. The Bertz CT molecular complexity index is 1090. The summed E-state index contributed by atoms with van der Waals surface area (Å²) in [4.78, 5) is 30.5. The SMILES string of the molecule is CC(C)c1cccc(NC(=O)c2cccc(N3CCc4c(C=O)cncc4C3)c2)c1. The number of hydrogen-bond donors (Lipinski definition) is 1. The third-order valence-electron chi connectivity index (χ3n) is 5.58. The highest BCUT2D eigenvalue weighted by molar-refractivity contribution is 6.04. The molecule has 1 aliphatic heterocycles. The Morgan fingerprint density at radius 1 is 1.13 bits per heavy atom. The molecule has 0 spiro atoms. The quantitative estimate of drug-likeness (QED) is 0.624. The van der Waals surface area contributed by atoms with E-state index in [9.17, 15) is 9.59 Å². The van der Waals surface area contributed by atoms with E-state index in [-0.39, 0.29) is 5.91 Å². The highest BCUT2D eigenvalue weighted by atomic mass is 16.1. The number of fused-ring (bicyclic) bond motifs is 1. The van der Waals surface area contributed by atoms with Gasteiger partial charge in [-0.1, -0.05) is 32.0 Å². The van der Waals surface area contributed by atoms with E-state index < -0.39 is 0 Å². The van der Waals surface area contributed by atoms with E-state index in [0.717, 1.165) is 41.8 Å². The van der Waals surface area contributed by atoms with Crippen molar-refractivity contribution in [3.8, 4) is 0 Å². The molecule has 1 N–H and O–H groups in total. The molecule has 3 aromatic rings. The highest BCUT2D eigenvalue weighted by Crippen LogP contribution is 2.26. The third kappa shape index (κ3) is 4.10. The predicted molar refractivity (Wildman–Crippen MR) is 119 cm³/mol. The van der Waals surface area contributed by atoms with Gasteiger partial charge in [-0.2, -0.15) is 0 Å². The smallest absolute Gasteiger partial charge is 0.255 e. The Labute approximate surface area is 176 Å². The van der Waals surface area contributed by atoms with Gasteiger partial charge < -0.3 is 10.2 Å². The molecule has 5 nitrogen and oxygen atoms in total. The minimum atomic E-state index is -0.125. The Hall–Kier alpha value is -3.47. The molecule has 0 fully saturated rings. The van der Waals surface area contributed by atoms with Crippen LogP contribution in [0.1, 0.15) is 57.2 Å². The zero-order chi connectivity index (χ0) is 21.1. The number of rotatable bonds is 5. The molecule has 0 saturated carbocycles. The summed E-state index contributed by atoms with van der Waals surface area (Å²) in [6.45, 7) is 5.73. The fourth-order valence-electron chi connectivity index (χ4n) is 3.87. The first kappa shape index (κ1) is 19.8. The molecule has 1 amide bonds. The summed E-state index contributed by atoms with van der Waals surface area (Å²) in [5.41, 5.74) is 6.41. The second-order valence-corrected chi connectivity index (χ2v) is 7.94. The van der Waals surface area contributed by atoms with E-state index in [1.807, 2.05) is 48.7 Å². The standard InChI is InChI=1S/C25H25N3O2/c1-17(2)18-5-3-7-22(11-18)27-25(30)19-6-4-8-23(12-19)28-10-9-24-20(15-28)13-26-14-21(24)16-29/h3-8,11-14,16-17H,9-10,15H2,1-2H3,(H,27,30). The molecule has 30 heavy (non-hydrogen) atoms. The molecule has 0 radical (unpaired) electrons. The van der Waals surface area contributed by atoms with Crippen LogP contribution in [0.3, 0.4) is 0 Å². The van der Waals surface area contributed by atoms with Crippen LogP contribution in [0.15, 0.2) is 60.9 Å². The van der Waals surface area contributed by atoms with Crippen LogP contribution >= 0.6 is 0 Å². The molecule has 4 rings (SSSR count). The summed E-state index contributed by atoms with van der Waals surface area (Å²) in [7, 11) is 0. The second kappa shape index (κ2) is 8.49. The first-order valence-electron chi connectivity index (χ1n) is 10.2. The molecule has 0 saturated heterocycles. The van der Waals surface area contributed by atoms with Crippen LogP contribution in [0.4, 0.5) is 11.4 Å². The van der Waals surface area contributed by atoms with E-state index in [0.29, 0.717) is 23.6 Å². The van der Waals surface area contributed by atoms with Crippen LogP contribution in [0.5, 0.6) is 0 Å². The molecule has 0 unspecified atom stereocenters. The van der Waals surface area contributed by atoms with Gasteiger partial charge in [0.25, 0.3) is 5.91 Å². The number of anilines is 2. The summed E-state index contributed by atoms with van der Waals surface area (Å²) in [5, 5.41) is 3.01. The van der Waals surface area contributed by atoms with Crippen molar-refractivity contribution in [2.45, 2.75) is 32.7 Å². The molecule has 1 aromatic heterocycles. The zero-order valence-corrected chi connectivity index (χ0v) is 17.3. The number of aromatic nitrogens is 1. The Kier molecular flexibility index (Phi) is 5.61. The van der Waals surface area contributed by atoms with Gasteiger partial charge >= 0.3 is 0 Å². The Balaban J connectivity index is 1.52. The Morgan fingerprint density at radius 2 is 1.97 bits per heavy atom. The van der Waals surface area contributed by atoms with Crippen LogP contribution < -0.4 is 10.2 Å². The van der Waals surface area contributed by atoms with Gasteiger partial charge in [-0.25, -0.2) is 0 Å². The maximum atomic E-state index is 12.8. The lowest BCUT2D eigenvalue weighted by molar-refractivity contribution is 0.102. The first-order chi connectivity index (χ1) is 14.5. The number of nitrogens with zero attached hydrogens (tertiary/aromatic N) is 2. The van der Waals surface area contributed by atoms with Crippen molar-refractivity contribution in [3.63, 3.8) is 0 Å². The maximum absolute atomic E-state index is 12.8. The van der Waals surface area contributed by atoms with E-state index in [4.69, 9.17) is 0 Å². The fourth-order valence-corrected chi connectivity index (χ4v) is 3.87. The molecule has 2 heterocycles. The molecular weight excluding hydrogens is 374 g/mol. The molecule has 0 atom stereocenters. The van der Waals surface area contributed by atoms with Gasteiger partial charge in [-0.05, 0) is 59.4 Å². The number of carbonyl (C=O) groups is 2. The van der Waals surface area contributed by atoms with Crippen LogP contribution in [0.2, 0.25) is 0 Å². The van der Waals surface area contributed by atoms with Crippen molar-refractivity contribution in [2.75, 3.05) is 16.8 Å². The number of hydrogen-bond acceptors (Lipinski definition) is 4. The van der Waals surface area contributed by atoms with Crippen molar-refractivity contribution in [1.29, 1.82) is 0 Å². The van der Waals surface area contributed by atoms with E-state index in [1.165, 1.54) is 5.56 Å². The summed E-state index contributed by atoms with van der Waals surface area (Å²) in [6, 6.07) is 15.6.